The summed E-state index contributed by atoms with van der Waals surface area (Å²) in [5.74, 6) is 1.90. The molecule has 206 valence electrons. The molecule has 2 atom stereocenters. The smallest absolute Gasteiger partial charge is 0.281 e. The van der Waals surface area contributed by atoms with Gasteiger partial charge in [-0.3, -0.25) is 4.79 Å². The predicted molar refractivity (Wildman–Crippen MR) is 164 cm³/mol. The Labute approximate surface area is 249 Å². The maximum Gasteiger partial charge on any atom is 0.281 e. The number of fused-ring (bicyclic) bond motifs is 1. The van der Waals surface area contributed by atoms with Crippen molar-refractivity contribution in [1.29, 1.82) is 0 Å². The van der Waals surface area contributed by atoms with Gasteiger partial charge < -0.3 is 9.47 Å². The molecule has 0 bridgehead atoms. The minimum absolute atomic E-state index is 0.0850. The number of hydrogen-bond acceptors (Lipinski definition) is 4. The normalized spacial score (nSPS) is 19.0. The Bertz CT molecular complexity index is 1570. The highest BCUT2D eigenvalue weighted by atomic mass is 35.5. The Balaban J connectivity index is 1.22. The fraction of sp³-hybridized carbons (Fsp3) is 0.176. The molecule has 1 saturated carbocycles. The van der Waals surface area contributed by atoms with Gasteiger partial charge in [0.15, 0.2) is 6.61 Å². The molecule has 4 aromatic carbocycles. The zero-order valence-corrected chi connectivity index (χ0v) is 23.8. The van der Waals surface area contributed by atoms with E-state index in [1.807, 2.05) is 91.0 Å². The Morgan fingerprint density at radius 2 is 1.46 bits per heavy atom. The van der Waals surface area contributed by atoms with Gasteiger partial charge >= 0.3 is 0 Å². The summed E-state index contributed by atoms with van der Waals surface area (Å²) < 4.78 is 11.8. The number of hydrogen-bond donors (Lipinski definition) is 0. The molecule has 0 spiro atoms. The van der Waals surface area contributed by atoms with Crippen LogP contribution in [0.25, 0.3) is 6.08 Å². The quantitative estimate of drug-likeness (QED) is 0.218. The first-order valence-corrected chi connectivity index (χ1v) is 14.4. The van der Waals surface area contributed by atoms with Gasteiger partial charge in [0.2, 0.25) is 0 Å². The van der Waals surface area contributed by atoms with Crippen LogP contribution in [0.3, 0.4) is 0 Å². The van der Waals surface area contributed by atoms with Crippen LogP contribution in [0.4, 0.5) is 0 Å². The van der Waals surface area contributed by atoms with Gasteiger partial charge in [-0.05, 0) is 103 Å². The summed E-state index contributed by atoms with van der Waals surface area (Å²) in [6, 6.07) is 32.0. The number of benzene rings is 4. The fourth-order valence-corrected chi connectivity index (χ4v) is 5.65. The third-order valence-corrected chi connectivity index (χ3v) is 7.85. The van der Waals surface area contributed by atoms with E-state index in [0.29, 0.717) is 21.5 Å². The second kappa shape index (κ2) is 12.2. The number of carbonyl (C=O) groups is 1. The Morgan fingerprint density at radius 1 is 0.829 bits per heavy atom. The molecule has 0 unspecified atom stereocenters. The minimum atomic E-state index is -0.228. The summed E-state index contributed by atoms with van der Waals surface area (Å²) in [7, 11) is 0. The predicted octanol–water partition coefficient (Wildman–Crippen LogP) is 8.99. The van der Waals surface area contributed by atoms with E-state index in [4.69, 9.17) is 37.8 Å². The van der Waals surface area contributed by atoms with Crippen molar-refractivity contribution in [2.75, 3.05) is 6.61 Å². The van der Waals surface area contributed by atoms with E-state index in [1.54, 1.807) is 17.1 Å². The maximum atomic E-state index is 13.6. The Kier molecular flexibility index (Phi) is 8.08. The topological polar surface area (TPSA) is 51.1 Å². The van der Waals surface area contributed by atoms with Crippen molar-refractivity contribution < 1.29 is 14.3 Å². The van der Waals surface area contributed by atoms with Crippen LogP contribution in [0.15, 0.2) is 114 Å². The first kappa shape index (κ1) is 27.1. The molecule has 41 heavy (non-hydrogen) atoms. The third-order valence-electron chi connectivity index (χ3n) is 7.34. The molecule has 5 nitrogen and oxygen atoms in total. The molecule has 6 rings (SSSR count). The van der Waals surface area contributed by atoms with E-state index in [-0.39, 0.29) is 24.5 Å². The van der Waals surface area contributed by atoms with E-state index in [9.17, 15) is 4.79 Å². The molecular weight excluding hydrogens is 555 g/mol. The minimum Gasteiger partial charge on any atom is -0.484 e. The number of para-hydroxylation sites is 1. The Morgan fingerprint density at radius 3 is 2.17 bits per heavy atom. The van der Waals surface area contributed by atoms with Gasteiger partial charge in [0.05, 0.1) is 11.8 Å². The van der Waals surface area contributed by atoms with Crippen molar-refractivity contribution in [3.63, 3.8) is 0 Å². The average Bonchev–Trinajstić information content (AvgIpc) is 3.40. The molecule has 1 aliphatic carbocycles. The van der Waals surface area contributed by atoms with E-state index in [0.717, 1.165) is 47.4 Å². The molecule has 4 aromatic rings. The maximum absolute atomic E-state index is 13.6. The van der Waals surface area contributed by atoms with E-state index in [2.05, 4.69) is 6.08 Å². The van der Waals surface area contributed by atoms with Crippen LogP contribution in [-0.2, 0) is 4.79 Å². The van der Waals surface area contributed by atoms with Crippen LogP contribution in [0.2, 0.25) is 10.0 Å². The average molecular weight is 584 g/mol. The molecule has 0 aromatic heterocycles. The highest BCUT2D eigenvalue weighted by Crippen LogP contribution is 2.44. The zero-order chi connectivity index (χ0) is 28.2. The number of rotatable bonds is 7. The van der Waals surface area contributed by atoms with Gasteiger partial charge in [0, 0.05) is 16.0 Å². The molecule has 1 amide bonds. The molecule has 1 aliphatic heterocycles. The lowest BCUT2D eigenvalue weighted by Crippen LogP contribution is -2.34. The number of ether oxygens (including phenoxy) is 2. The first-order chi connectivity index (χ1) is 20.0. The molecule has 0 saturated heterocycles. The first-order valence-electron chi connectivity index (χ1n) is 13.6. The van der Waals surface area contributed by atoms with Crippen LogP contribution in [0.5, 0.6) is 17.2 Å². The molecular formula is C34H28Cl2N2O3. The highest BCUT2D eigenvalue weighted by molar-refractivity contribution is 6.30. The fourth-order valence-electron chi connectivity index (χ4n) is 5.40. The van der Waals surface area contributed by atoms with Crippen molar-refractivity contribution in [3.05, 3.63) is 130 Å². The lowest BCUT2D eigenvalue weighted by Gasteiger charge is -2.29. The van der Waals surface area contributed by atoms with E-state index >= 15 is 0 Å². The monoisotopic (exact) mass is 582 g/mol. The molecule has 0 radical (unpaired) electrons. The number of halogens is 2. The second-order valence-electron chi connectivity index (χ2n) is 10.1. The Hall–Kier alpha value is -4.06. The van der Waals surface area contributed by atoms with Gasteiger partial charge in [-0.2, -0.15) is 5.10 Å². The van der Waals surface area contributed by atoms with Crippen LogP contribution in [0, 0.1) is 5.92 Å². The molecule has 1 fully saturated rings. The van der Waals surface area contributed by atoms with Gasteiger partial charge in [0.25, 0.3) is 5.91 Å². The van der Waals surface area contributed by atoms with Crippen molar-refractivity contribution >= 4 is 40.9 Å². The SMILES string of the molecule is O=C(COc1ccc(Oc2ccccc2)cc1)N1N=C2/C(=C\c3ccc(Cl)cc3)CCC[C@H]2[C@@H]1c1ccc(Cl)cc1. The molecule has 7 heteroatoms. The zero-order valence-electron chi connectivity index (χ0n) is 22.3. The lowest BCUT2D eigenvalue weighted by atomic mass is 9.77. The summed E-state index contributed by atoms with van der Waals surface area (Å²) in [4.78, 5) is 13.6. The van der Waals surface area contributed by atoms with E-state index in [1.165, 1.54) is 0 Å². The number of hydrazone groups is 1. The molecule has 2 aliphatic rings. The van der Waals surface area contributed by atoms with Gasteiger partial charge in [-0.25, -0.2) is 5.01 Å². The highest BCUT2D eigenvalue weighted by Gasteiger charge is 2.43. The largest absolute Gasteiger partial charge is 0.484 e. The summed E-state index contributed by atoms with van der Waals surface area (Å²) in [5.41, 5.74) is 4.17. The van der Waals surface area contributed by atoms with Gasteiger partial charge in [-0.1, -0.05) is 65.7 Å². The van der Waals surface area contributed by atoms with Crippen LogP contribution >= 0.6 is 23.2 Å². The van der Waals surface area contributed by atoms with E-state index < -0.39 is 0 Å². The molecule has 1 heterocycles. The molecule has 0 N–H and O–H groups in total. The van der Waals surface area contributed by atoms with Crippen molar-refractivity contribution in [2.45, 2.75) is 25.3 Å². The van der Waals surface area contributed by atoms with Crippen molar-refractivity contribution in [3.8, 4) is 17.2 Å². The third kappa shape index (κ3) is 6.32. The summed E-state index contributed by atoms with van der Waals surface area (Å²) in [6.45, 7) is -0.136. The standard InChI is InChI=1S/C34H28Cl2N2O3/c35-26-13-9-23(10-14-26)21-25-5-4-8-31-33(25)37-38(34(31)24-11-15-27(36)16-12-24)32(39)22-40-28-17-19-30(20-18-28)41-29-6-2-1-3-7-29/h1-3,6-7,9-21,31,34H,4-5,8,22H2/b25-21-/t31-,34+/m1/s1. The summed E-state index contributed by atoms with van der Waals surface area (Å²) in [5, 5.41) is 7.89. The second-order valence-corrected chi connectivity index (χ2v) is 11.0. The van der Waals surface area contributed by atoms with Crippen LogP contribution in [-0.4, -0.2) is 23.2 Å². The summed E-state index contributed by atoms with van der Waals surface area (Å²) >= 11 is 12.3. The van der Waals surface area contributed by atoms with Crippen LogP contribution < -0.4 is 9.47 Å². The van der Waals surface area contributed by atoms with Gasteiger partial charge in [-0.15, -0.1) is 0 Å². The number of allylic oxidation sites excluding steroid dienone is 1. The summed E-state index contributed by atoms with van der Waals surface area (Å²) in [6.07, 6.45) is 5.02. The number of carbonyl (C=O) groups excluding carboxylic acids is 1. The van der Waals surface area contributed by atoms with Crippen molar-refractivity contribution in [1.82, 2.24) is 5.01 Å². The van der Waals surface area contributed by atoms with Gasteiger partial charge in [0.1, 0.15) is 17.2 Å². The number of nitrogens with zero attached hydrogens (tertiary/aromatic N) is 2. The van der Waals surface area contributed by atoms with Crippen LogP contribution in [0.1, 0.15) is 36.4 Å². The number of amides is 1. The van der Waals surface area contributed by atoms with Crippen molar-refractivity contribution in [2.24, 2.45) is 11.0 Å². The lowest BCUT2D eigenvalue weighted by molar-refractivity contribution is -0.135.